The molecule has 0 aromatic rings. The van der Waals surface area contributed by atoms with E-state index in [0.717, 1.165) is 25.3 Å². The monoisotopic (exact) mass is 369 g/mol. The van der Waals surface area contributed by atoms with Crippen LogP contribution in [0.2, 0.25) is 0 Å². The number of hydrogen-bond donors (Lipinski definition) is 2. The maximum Gasteiger partial charge on any atom is 0.402 e. The van der Waals surface area contributed by atoms with Crippen molar-refractivity contribution in [3.8, 4) is 0 Å². The summed E-state index contributed by atoms with van der Waals surface area (Å²) in [5.41, 5.74) is 4.08. The molecule has 0 spiro atoms. The average Bonchev–Trinajstić information content (AvgIpc) is 2.50. The summed E-state index contributed by atoms with van der Waals surface area (Å²) in [6.45, 7) is 10.0. The van der Waals surface area contributed by atoms with Crippen molar-refractivity contribution in [3.63, 3.8) is 0 Å². The van der Waals surface area contributed by atoms with Crippen molar-refractivity contribution in [3.05, 3.63) is 12.7 Å². The summed E-state index contributed by atoms with van der Waals surface area (Å²) in [7, 11) is 1.31. The van der Waals surface area contributed by atoms with E-state index in [1.165, 1.54) is 7.11 Å². The Morgan fingerprint density at radius 2 is 1.85 bits per heavy atom. The highest BCUT2D eigenvalue weighted by Crippen LogP contribution is 2.47. The van der Waals surface area contributed by atoms with Gasteiger partial charge in [-0.15, -0.1) is 0 Å². The van der Waals surface area contributed by atoms with E-state index in [4.69, 9.17) is 9.90 Å². The topological polar surface area (TPSA) is 148 Å². The fourth-order valence-electron chi connectivity index (χ4n) is 3.17. The summed E-state index contributed by atoms with van der Waals surface area (Å²) < 4.78 is 4.14. The summed E-state index contributed by atoms with van der Waals surface area (Å²) in [6, 6.07) is 0.00750. The largest absolute Gasteiger partial charge is 0.466 e. The molecule has 1 aliphatic rings. The summed E-state index contributed by atoms with van der Waals surface area (Å²) in [5, 5.41) is 7.19. The molecule has 1 aliphatic carbocycles. The molecule has 9 nitrogen and oxygen atoms in total. The van der Waals surface area contributed by atoms with Crippen molar-refractivity contribution in [2.45, 2.75) is 46.1 Å². The number of esters is 1. The molecule has 2 unspecified atom stereocenters. The molecule has 0 heterocycles. The first kappa shape index (κ1) is 25.5. The van der Waals surface area contributed by atoms with Crippen LogP contribution in [-0.4, -0.2) is 49.0 Å². The van der Waals surface area contributed by atoms with Crippen LogP contribution in [0.5, 0.6) is 0 Å². The van der Waals surface area contributed by atoms with Gasteiger partial charge in [-0.05, 0) is 30.1 Å². The van der Waals surface area contributed by atoms with Gasteiger partial charge in [0.05, 0.1) is 19.7 Å². The number of ether oxygens (including phenoxy) is 1. The fourth-order valence-corrected chi connectivity index (χ4v) is 3.17. The third kappa shape index (κ3) is 13.7. The molecule has 0 saturated heterocycles. The van der Waals surface area contributed by atoms with Crippen LogP contribution in [0.1, 0.15) is 40.0 Å². The summed E-state index contributed by atoms with van der Waals surface area (Å²) in [4.78, 5) is 46.6. The minimum atomic E-state index is -1.33. The molecule has 1 rings (SSSR count). The quantitative estimate of drug-likeness (QED) is 0.336. The third-order valence-electron chi connectivity index (χ3n) is 3.55. The number of carboxylic acid groups (broad SMARTS) is 1. The Morgan fingerprint density at radius 1 is 1.31 bits per heavy atom. The number of isocyanates is 2. The summed E-state index contributed by atoms with van der Waals surface area (Å²) in [6.07, 6.45) is 5.66. The standard InChI is InChI=1S/C12H18N2O2.C4H6O2.CH3NO2/c1-11(2)4-10(14-9-16)5-12(3,6-11)7-13-8-15;1-3-4(5)6-2;2-1(3)4/h10H,4-7H2,1-3H3;3H,1H2,2H3;2H2,(H,3,4). The Balaban J connectivity index is 0. The number of primary amides is 1. The maximum absolute atomic E-state index is 10.3. The Bertz CT molecular complexity index is 573. The molecule has 9 heteroatoms. The van der Waals surface area contributed by atoms with Crippen molar-refractivity contribution in [2.24, 2.45) is 26.5 Å². The molecular formula is C17H27N3O6. The molecule has 26 heavy (non-hydrogen) atoms. The number of hydrogen-bond acceptors (Lipinski definition) is 7. The lowest BCUT2D eigenvalue weighted by molar-refractivity contribution is -0.134. The van der Waals surface area contributed by atoms with Crippen molar-refractivity contribution >= 4 is 24.2 Å². The molecular weight excluding hydrogens is 342 g/mol. The number of amides is 1. The zero-order valence-electron chi connectivity index (χ0n) is 15.7. The first-order chi connectivity index (χ1) is 11.9. The summed E-state index contributed by atoms with van der Waals surface area (Å²) in [5.74, 6) is -0.394. The second-order valence-corrected chi connectivity index (χ2v) is 6.91. The van der Waals surface area contributed by atoms with Gasteiger partial charge in [-0.3, -0.25) is 0 Å². The first-order valence-electron chi connectivity index (χ1n) is 7.74. The van der Waals surface area contributed by atoms with Gasteiger partial charge in [-0.1, -0.05) is 27.4 Å². The predicted octanol–water partition coefficient (Wildman–Crippen LogP) is 2.21. The normalized spacial score (nSPS) is 22.4. The number of carbonyl (C=O) groups is 2. The molecule has 1 fully saturated rings. The lowest BCUT2D eigenvalue weighted by Gasteiger charge is -2.44. The van der Waals surface area contributed by atoms with Crippen LogP contribution in [0.25, 0.3) is 0 Å². The molecule has 0 bridgehead atoms. The molecule has 0 aromatic heterocycles. The molecule has 146 valence electrons. The van der Waals surface area contributed by atoms with Gasteiger partial charge in [0.2, 0.25) is 12.2 Å². The van der Waals surface area contributed by atoms with E-state index in [0.29, 0.717) is 6.54 Å². The third-order valence-corrected chi connectivity index (χ3v) is 3.55. The van der Waals surface area contributed by atoms with E-state index in [1.807, 2.05) is 0 Å². The number of aliphatic imine (C=N–C) groups is 2. The van der Waals surface area contributed by atoms with Crippen molar-refractivity contribution in [2.75, 3.05) is 13.7 Å². The maximum atomic E-state index is 10.3. The van der Waals surface area contributed by atoms with Crippen LogP contribution in [0, 0.1) is 10.8 Å². The van der Waals surface area contributed by atoms with Gasteiger partial charge in [0, 0.05) is 6.08 Å². The minimum absolute atomic E-state index is 0.00750. The van der Waals surface area contributed by atoms with Crippen LogP contribution < -0.4 is 5.73 Å². The van der Waals surface area contributed by atoms with E-state index < -0.39 is 12.1 Å². The van der Waals surface area contributed by atoms with E-state index in [1.54, 1.807) is 12.2 Å². The number of nitrogens with two attached hydrogens (primary N) is 1. The Labute approximate surface area is 153 Å². The molecule has 2 atom stereocenters. The number of methoxy groups -OCH3 is 1. The lowest BCUT2D eigenvalue weighted by atomic mass is 9.63. The smallest absolute Gasteiger partial charge is 0.402 e. The molecule has 1 saturated carbocycles. The predicted molar refractivity (Wildman–Crippen MR) is 95.1 cm³/mol. The first-order valence-corrected chi connectivity index (χ1v) is 7.74. The van der Waals surface area contributed by atoms with E-state index in [9.17, 15) is 14.4 Å². The number of nitrogens with zero attached hydrogens (tertiary/aromatic N) is 2. The van der Waals surface area contributed by atoms with E-state index in [-0.39, 0.29) is 16.9 Å². The SMILES string of the molecule is C=CC(=O)OC.CC1(C)CC(N=C=O)CC(C)(CN=C=O)C1.NC(=O)O. The second kappa shape index (κ2) is 12.6. The van der Waals surface area contributed by atoms with Crippen molar-refractivity contribution in [1.82, 2.24) is 0 Å². The van der Waals surface area contributed by atoms with Crippen LogP contribution in [0.15, 0.2) is 22.6 Å². The van der Waals surface area contributed by atoms with Gasteiger partial charge in [-0.25, -0.2) is 29.2 Å². The van der Waals surface area contributed by atoms with Gasteiger partial charge in [-0.2, -0.15) is 0 Å². The van der Waals surface area contributed by atoms with Gasteiger partial charge in [0.25, 0.3) is 0 Å². The number of carbonyl (C=O) groups excluding carboxylic acids is 3. The molecule has 0 aromatic carbocycles. The molecule has 3 N–H and O–H groups in total. The highest BCUT2D eigenvalue weighted by molar-refractivity contribution is 5.80. The van der Waals surface area contributed by atoms with Crippen molar-refractivity contribution < 1.29 is 29.0 Å². The van der Waals surface area contributed by atoms with E-state index >= 15 is 0 Å². The highest BCUT2D eigenvalue weighted by Gasteiger charge is 2.41. The zero-order chi connectivity index (χ0) is 20.8. The Kier molecular flexibility index (Phi) is 12.3. The molecule has 1 amide bonds. The number of rotatable bonds is 4. The van der Waals surface area contributed by atoms with Crippen LogP contribution in [0.4, 0.5) is 4.79 Å². The van der Waals surface area contributed by atoms with Crippen LogP contribution in [0.3, 0.4) is 0 Å². The van der Waals surface area contributed by atoms with Crippen molar-refractivity contribution in [1.29, 1.82) is 0 Å². The molecule has 0 radical (unpaired) electrons. The van der Waals surface area contributed by atoms with Crippen LogP contribution in [-0.2, 0) is 19.1 Å². The van der Waals surface area contributed by atoms with Gasteiger partial charge >= 0.3 is 12.1 Å². The van der Waals surface area contributed by atoms with Gasteiger partial charge in [0.15, 0.2) is 0 Å². The second-order valence-electron chi connectivity index (χ2n) is 6.91. The van der Waals surface area contributed by atoms with Gasteiger partial charge in [0.1, 0.15) is 0 Å². The van der Waals surface area contributed by atoms with Crippen LogP contribution >= 0.6 is 0 Å². The lowest BCUT2D eigenvalue weighted by Crippen LogP contribution is -2.39. The van der Waals surface area contributed by atoms with Gasteiger partial charge < -0.3 is 15.6 Å². The average molecular weight is 369 g/mol. The van der Waals surface area contributed by atoms with E-state index in [2.05, 4.69) is 47.8 Å². The Morgan fingerprint density at radius 3 is 2.19 bits per heavy atom. The Hall–Kier alpha value is -2.76. The molecule has 0 aliphatic heterocycles. The zero-order valence-corrected chi connectivity index (χ0v) is 15.7. The summed E-state index contributed by atoms with van der Waals surface area (Å²) >= 11 is 0. The fraction of sp³-hybridized carbons (Fsp3) is 0.647. The highest BCUT2D eigenvalue weighted by atomic mass is 16.5. The minimum Gasteiger partial charge on any atom is -0.466 e.